The molecule has 0 amide bonds. The Balaban J connectivity index is 1.04. The summed E-state index contributed by atoms with van der Waals surface area (Å²) in [6.45, 7) is 0. The highest BCUT2D eigenvalue weighted by atomic mass is 16.3. The summed E-state index contributed by atoms with van der Waals surface area (Å²) in [5, 5.41) is 4.71. The summed E-state index contributed by atoms with van der Waals surface area (Å²) in [4.78, 5) is 14.8. The SMILES string of the molecule is c1ccc(-c2nc(-c3ccccc3)nc(-c3cccc(-c4cccc(-c5cccc(-c6cccc7oc8ccc9ccccc9c8c67)c5)c4)c3)n2)cc1. The van der Waals surface area contributed by atoms with Crippen LogP contribution in [0.1, 0.15) is 0 Å². The van der Waals surface area contributed by atoms with E-state index in [1.165, 1.54) is 10.8 Å². The molecule has 0 saturated carbocycles. The average Bonchev–Trinajstić information content (AvgIpc) is 3.64. The summed E-state index contributed by atoms with van der Waals surface area (Å²) in [5.74, 6) is 1.93. The molecule has 0 aliphatic carbocycles. The molecule has 4 heteroatoms. The lowest BCUT2D eigenvalue weighted by atomic mass is 9.93. The van der Waals surface area contributed by atoms with Gasteiger partial charge < -0.3 is 4.42 Å². The summed E-state index contributed by atoms with van der Waals surface area (Å²) in [7, 11) is 0. The van der Waals surface area contributed by atoms with Gasteiger partial charge in [-0.2, -0.15) is 0 Å². The second kappa shape index (κ2) is 12.9. The Morgan fingerprint density at radius 3 is 1.40 bits per heavy atom. The smallest absolute Gasteiger partial charge is 0.164 e. The van der Waals surface area contributed by atoms with Crippen LogP contribution in [-0.4, -0.2) is 15.0 Å². The summed E-state index contributed by atoms with van der Waals surface area (Å²) >= 11 is 0. The Labute approximate surface area is 306 Å². The third-order valence-electron chi connectivity index (χ3n) is 9.91. The topological polar surface area (TPSA) is 51.8 Å². The molecule has 0 saturated heterocycles. The van der Waals surface area contributed by atoms with E-state index in [1.54, 1.807) is 0 Å². The van der Waals surface area contributed by atoms with Crippen LogP contribution >= 0.6 is 0 Å². The van der Waals surface area contributed by atoms with E-state index in [1.807, 2.05) is 60.7 Å². The number of hydrogen-bond acceptors (Lipinski definition) is 4. The van der Waals surface area contributed by atoms with Crippen molar-refractivity contribution in [1.29, 1.82) is 0 Å². The van der Waals surface area contributed by atoms with Crippen molar-refractivity contribution in [3.63, 3.8) is 0 Å². The summed E-state index contributed by atoms with van der Waals surface area (Å²) in [6.07, 6.45) is 0. The number of furan rings is 1. The Bertz CT molecular complexity index is 2890. The first kappa shape index (κ1) is 30.6. The highest BCUT2D eigenvalue weighted by molar-refractivity contribution is 6.22. The fourth-order valence-electron chi connectivity index (χ4n) is 7.35. The summed E-state index contributed by atoms with van der Waals surface area (Å²) in [5.41, 5.74) is 11.4. The maximum atomic E-state index is 6.39. The first-order chi connectivity index (χ1) is 26.2. The fraction of sp³-hybridized carbons (Fsp3) is 0. The van der Waals surface area contributed by atoms with Gasteiger partial charge in [-0.15, -0.1) is 0 Å². The second-order valence-electron chi connectivity index (χ2n) is 13.2. The lowest BCUT2D eigenvalue weighted by Gasteiger charge is -2.11. The van der Waals surface area contributed by atoms with Gasteiger partial charge in [-0.05, 0) is 74.5 Å². The number of fused-ring (bicyclic) bond motifs is 5. The highest BCUT2D eigenvalue weighted by Crippen LogP contribution is 2.41. The molecule has 0 aliphatic heterocycles. The molecule has 0 spiro atoms. The Morgan fingerprint density at radius 1 is 0.302 bits per heavy atom. The molecule has 0 unspecified atom stereocenters. The largest absolute Gasteiger partial charge is 0.456 e. The lowest BCUT2D eigenvalue weighted by molar-refractivity contribution is 0.669. The molecule has 2 heterocycles. The van der Waals surface area contributed by atoms with Crippen molar-refractivity contribution < 1.29 is 4.42 Å². The van der Waals surface area contributed by atoms with E-state index in [2.05, 4.69) is 127 Å². The van der Waals surface area contributed by atoms with Gasteiger partial charge in [-0.25, -0.2) is 15.0 Å². The van der Waals surface area contributed by atoms with E-state index in [4.69, 9.17) is 19.4 Å². The average molecular weight is 678 g/mol. The predicted octanol–water partition coefficient (Wildman–Crippen LogP) is 12.9. The van der Waals surface area contributed by atoms with Crippen LogP contribution in [0.25, 0.3) is 100 Å². The van der Waals surface area contributed by atoms with Crippen LogP contribution in [0.5, 0.6) is 0 Å². The van der Waals surface area contributed by atoms with Crippen molar-refractivity contribution in [3.8, 4) is 67.5 Å². The molecular formula is C49H31N3O. The molecule has 8 aromatic carbocycles. The normalized spacial score (nSPS) is 11.4. The van der Waals surface area contributed by atoms with Crippen LogP contribution in [-0.2, 0) is 0 Å². The molecule has 4 nitrogen and oxygen atoms in total. The zero-order valence-corrected chi connectivity index (χ0v) is 28.6. The van der Waals surface area contributed by atoms with Gasteiger partial charge in [0.25, 0.3) is 0 Å². The first-order valence-electron chi connectivity index (χ1n) is 17.8. The van der Waals surface area contributed by atoms with Gasteiger partial charge in [0.05, 0.1) is 0 Å². The van der Waals surface area contributed by atoms with Crippen LogP contribution in [0.15, 0.2) is 192 Å². The molecule has 10 rings (SSSR count). The van der Waals surface area contributed by atoms with Gasteiger partial charge in [-0.3, -0.25) is 0 Å². The Hall–Kier alpha value is -7.17. The third-order valence-corrected chi connectivity index (χ3v) is 9.91. The number of aromatic nitrogens is 3. The van der Waals surface area contributed by atoms with Crippen molar-refractivity contribution in [2.75, 3.05) is 0 Å². The van der Waals surface area contributed by atoms with E-state index in [-0.39, 0.29) is 0 Å². The van der Waals surface area contributed by atoms with E-state index < -0.39 is 0 Å². The summed E-state index contributed by atoms with van der Waals surface area (Å²) in [6, 6.07) is 65.3. The standard InChI is InChI=1S/C49H31N3O/c1-3-14-33(15-4-1)47-50-48(34-16-5-2-6-17-34)52-49(51-47)40-23-11-21-38(31-40)36-19-9-18-35(29-36)37-20-10-22-39(30-37)42-25-12-26-43-46(42)45-41-24-8-7-13-32(41)27-28-44(45)53-43/h1-31H. The van der Waals surface area contributed by atoms with Crippen LogP contribution in [0.4, 0.5) is 0 Å². The fourth-order valence-corrected chi connectivity index (χ4v) is 7.35. The third kappa shape index (κ3) is 5.63. The van der Waals surface area contributed by atoms with Gasteiger partial charge in [-0.1, -0.05) is 158 Å². The van der Waals surface area contributed by atoms with Crippen molar-refractivity contribution in [1.82, 2.24) is 15.0 Å². The molecule has 0 radical (unpaired) electrons. The van der Waals surface area contributed by atoms with Gasteiger partial charge in [0.1, 0.15) is 11.2 Å². The molecule has 0 bridgehead atoms. The van der Waals surface area contributed by atoms with E-state index in [0.29, 0.717) is 17.5 Å². The molecular weight excluding hydrogens is 647 g/mol. The molecule has 53 heavy (non-hydrogen) atoms. The molecule has 248 valence electrons. The zero-order chi connectivity index (χ0) is 35.1. The van der Waals surface area contributed by atoms with Crippen molar-refractivity contribution >= 4 is 32.7 Å². The highest BCUT2D eigenvalue weighted by Gasteiger charge is 2.16. The van der Waals surface area contributed by atoms with Crippen molar-refractivity contribution in [2.24, 2.45) is 0 Å². The van der Waals surface area contributed by atoms with Crippen molar-refractivity contribution in [2.45, 2.75) is 0 Å². The monoisotopic (exact) mass is 677 g/mol. The molecule has 0 fully saturated rings. The van der Waals surface area contributed by atoms with Crippen LogP contribution in [0, 0.1) is 0 Å². The first-order valence-corrected chi connectivity index (χ1v) is 17.8. The van der Waals surface area contributed by atoms with Gasteiger partial charge in [0.15, 0.2) is 17.5 Å². The van der Waals surface area contributed by atoms with E-state index in [9.17, 15) is 0 Å². The molecule has 2 aromatic heterocycles. The minimum absolute atomic E-state index is 0.636. The molecule has 0 N–H and O–H groups in total. The minimum Gasteiger partial charge on any atom is -0.456 e. The van der Waals surface area contributed by atoms with Crippen molar-refractivity contribution in [3.05, 3.63) is 188 Å². The zero-order valence-electron chi connectivity index (χ0n) is 28.6. The van der Waals surface area contributed by atoms with Gasteiger partial charge >= 0.3 is 0 Å². The van der Waals surface area contributed by atoms with E-state index in [0.717, 1.165) is 72.0 Å². The Morgan fingerprint density at radius 2 is 0.755 bits per heavy atom. The number of hydrogen-bond donors (Lipinski definition) is 0. The maximum absolute atomic E-state index is 6.39. The predicted molar refractivity (Wildman–Crippen MR) is 217 cm³/mol. The summed E-state index contributed by atoms with van der Waals surface area (Å²) < 4.78 is 6.39. The number of nitrogens with zero attached hydrogens (tertiary/aromatic N) is 3. The van der Waals surface area contributed by atoms with Gasteiger partial charge in [0.2, 0.25) is 0 Å². The number of rotatable bonds is 6. The second-order valence-corrected chi connectivity index (χ2v) is 13.2. The van der Waals surface area contributed by atoms with E-state index >= 15 is 0 Å². The number of benzene rings is 8. The molecule has 10 aromatic rings. The maximum Gasteiger partial charge on any atom is 0.164 e. The Kier molecular flexibility index (Phi) is 7.43. The quantitative estimate of drug-likeness (QED) is 0.176. The van der Waals surface area contributed by atoms with Crippen LogP contribution in [0.2, 0.25) is 0 Å². The lowest BCUT2D eigenvalue weighted by Crippen LogP contribution is -2.00. The molecule has 0 atom stereocenters. The minimum atomic E-state index is 0.636. The van der Waals surface area contributed by atoms with Crippen LogP contribution in [0.3, 0.4) is 0 Å². The van der Waals surface area contributed by atoms with Crippen LogP contribution < -0.4 is 0 Å². The van der Waals surface area contributed by atoms with Gasteiger partial charge in [0, 0.05) is 27.5 Å². The molecule has 0 aliphatic rings.